The van der Waals surface area contributed by atoms with E-state index < -0.39 is 11.7 Å². The zero-order valence-electron chi connectivity index (χ0n) is 17.6. The largest absolute Gasteiger partial charge is 0.444 e. The summed E-state index contributed by atoms with van der Waals surface area (Å²) >= 11 is 0. The number of carbonyl (C=O) groups excluding carboxylic acids is 2. The molecule has 0 saturated carbocycles. The molecule has 2 amide bonds. The van der Waals surface area contributed by atoms with Gasteiger partial charge in [-0.15, -0.1) is 0 Å². The third-order valence-electron chi connectivity index (χ3n) is 4.60. The van der Waals surface area contributed by atoms with Crippen LogP contribution in [-0.2, 0) is 14.4 Å². The molecule has 1 atom stereocenters. The number of ether oxygens (including phenoxy) is 1. The Morgan fingerprint density at radius 2 is 2.07 bits per heavy atom. The van der Waals surface area contributed by atoms with Crippen LogP contribution < -0.4 is 10.6 Å². The maximum absolute atomic E-state index is 12.3. The average Bonchev–Trinajstić information content (AvgIpc) is 2.70. The van der Waals surface area contributed by atoms with Crippen molar-refractivity contribution in [1.82, 2.24) is 9.88 Å². The number of primary amides is 1. The van der Waals surface area contributed by atoms with Crippen LogP contribution in [0.5, 0.6) is 0 Å². The first-order chi connectivity index (χ1) is 14.2. The van der Waals surface area contributed by atoms with Crippen LogP contribution in [0.25, 0.3) is 0 Å². The van der Waals surface area contributed by atoms with E-state index in [2.05, 4.69) is 15.0 Å². The molecule has 1 aliphatic heterocycles. The number of piperazine rings is 1. The summed E-state index contributed by atoms with van der Waals surface area (Å²) < 4.78 is 5.04. The van der Waals surface area contributed by atoms with Crippen LogP contribution in [0.15, 0.2) is 23.5 Å². The zero-order valence-corrected chi connectivity index (χ0v) is 17.6. The van der Waals surface area contributed by atoms with E-state index in [-0.39, 0.29) is 18.4 Å². The van der Waals surface area contributed by atoms with Crippen LogP contribution in [0.2, 0.25) is 0 Å². The normalized spacial score (nSPS) is 15.5. The number of rotatable bonds is 8. The molecule has 0 bridgehead atoms. The molecule has 2 rings (SSSR count). The fraction of sp³-hybridized carbons (Fsp3) is 0.550. The van der Waals surface area contributed by atoms with Crippen LogP contribution >= 0.6 is 0 Å². The number of amides is 2. The van der Waals surface area contributed by atoms with Gasteiger partial charge in [-0.25, -0.2) is 9.78 Å². The molecular formula is C20H28N6O4. The van der Waals surface area contributed by atoms with Crippen LogP contribution in [-0.4, -0.2) is 66.5 Å². The van der Waals surface area contributed by atoms with Gasteiger partial charge in [0.2, 0.25) is 0 Å². The molecule has 1 fully saturated rings. The summed E-state index contributed by atoms with van der Waals surface area (Å²) in [5.41, 5.74) is 4.86. The Balaban J connectivity index is 1.71. The minimum absolute atomic E-state index is 0.0297. The number of carbonyl (C=O) groups is 2. The average molecular weight is 416 g/mol. The molecular weight excluding hydrogens is 388 g/mol. The Kier molecular flexibility index (Phi) is 7.98. The summed E-state index contributed by atoms with van der Waals surface area (Å²) in [7, 11) is 0. The summed E-state index contributed by atoms with van der Waals surface area (Å²) in [4.78, 5) is 36.4. The first kappa shape index (κ1) is 22.9. The van der Waals surface area contributed by atoms with E-state index in [4.69, 9.17) is 20.6 Å². The zero-order chi connectivity index (χ0) is 22.1. The van der Waals surface area contributed by atoms with Crippen molar-refractivity contribution in [2.45, 2.75) is 32.8 Å². The van der Waals surface area contributed by atoms with Gasteiger partial charge < -0.3 is 25.1 Å². The Labute approximate surface area is 176 Å². The van der Waals surface area contributed by atoms with Gasteiger partial charge in [-0.05, 0) is 38.3 Å². The van der Waals surface area contributed by atoms with Gasteiger partial charge in [0.1, 0.15) is 17.5 Å². The van der Waals surface area contributed by atoms with E-state index >= 15 is 0 Å². The summed E-state index contributed by atoms with van der Waals surface area (Å²) in [5, 5.41) is 12.7. The maximum atomic E-state index is 12.3. The van der Waals surface area contributed by atoms with Gasteiger partial charge in [-0.1, -0.05) is 12.1 Å². The number of nitrogens with zero attached hydrogens (tertiary/aromatic N) is 5. The van der Waals surface area contributed by atoms with E-state index in [0.29, 0.717) is 38.2 Å². The molecule has 10 nitrogen and oxygen atoms in total. The second-order valence-electron chi connectivity index (χ2n) is 7.77. The van der Waals surface area contributed by atoms with Crippen LogP contribution in [0, 0.1) is 17.2 Å². The van der Waals surface area contributed by atoms with E-state index in [1.165, 1.54) is 0 Å². The quantitative estimate of drug-likeness (QED) is 0.501. The predicted molar refractivity (Wildman–Crippen MR) is 111 cm³/mol. The molecule has 0 spiro atoms. The molecule has 1 saturated heterocycles. The summed E-state index contributed by atoms with van der Waals surface area (Å²) in [6, 6.07) is 5.58. The summed E-state index contributed by atoms with van der Waals surface area (Å²) in [5.74, 6) is 0.627. The van der Waals surface area contributed by atoms with E-state index in [0.717, 1.165) is 5.82 Å². The van der Waals surface area contributed by atoms with Gasteiger partial charge in [0.25, 0.3) is 5.91 Å². The van der Waals surface area contributed by atoms with Crippen molar-refractivity contribution >= 4 is 24.0 Å². The van der Waals surface area contributed by atoms with Crippen molar-refractivity contribution < 1.29 is 19.2 Å². The van der Waals surface area contributed by atoms with Crippen LogP contribution in [0.3, 0.4) is 0 Å². The SMILES string of the molecule is CC(/C=N/OCC(=O)N1CCN(c2ccc(C#N)cn2)CC1)CC(C)(C)OC(N)=O. The van der Waals surface area contributed by atoms with E-state index in [9.17, 15) is 9.59 Å². The molecule has 1 aliphatic rings. The second kappa shape index (κ2) is 10.4. The second-order valence-corrected chi connectivity index (χ2v) is 7.77. The van der Waals surface area contributed by atoms with Crippen molar-refractivity contribution in [3.63, 3.8) is 0 Å². The summed E-state index contributed by atoms with van der Waals surface area (Å²) in [6.45, 7) is 7.71. The number of aromatic nitrogens is 1. The Morgan fingerprint density at radius 3 is 2.63 bits per heavy atom. The standard InChI is InChI=1S/C20H28N6O4/c1-15(10-20(2,3)30-19(22)28)12-24-29-14-18(27)26-8-6-25(7-9-26)17-5-4-16(11-21)13-23-17/h4-5,12-13,15H,6-10,14H2,1-3H3,(H2,22,28)/b24-12+. The van der Waals surface area contributed by atoms with Gasteiger partial charge in [0, 0.05) is 38.6 Å². The van der Waals surface area contributed by atoms with Crippen molar-refractivity contribution in [2.75, 3.05) is 37.7 Å². The Bertz CT molecular complexity index is 795. The monoisotopic (exact) mass is 416 g/mol. The number of anilines is 1. The van der Waals surface area contributed by atoms with Crippen molar-refractivity contribution in [3.8, 4) is 6.07 Å². The minimum Gasteiger partial charge on any atom is -0.444 e. The fourth-order valence-electron chi connectivity index (χ4n) is 3.30. The highest BCUT2D eigenvalue weighted by Crippen LogP contribution is 2.19. The number of nitrogens with two attached hydrogens (primary N) is 1. The highest BCUT2D eigenvalue weighted by atomic mass is 16.6. The lowest BCUT2D eigenvalue weighted by Crippen LogP contribution is -2.49. The lowest BCUT2D eigenvalue weighted by molar-refractivity contribution is -0.136. The molecule has 1 unspecified atom stereocenters. The van der Waals surface area contributed by atoms with Gasteiger partial charge >= 0.3 is 6.09 Å². The van der Waals surface area contributed by atoms with E-state index in [1.54, 1.807) is 37.2 Å². The molecule has 0 aromatic carbocycles. The number of nitriles is 1. The van der Waals surface area contributed by atoms with Crippen LogP contribution in [0.1, 0.15) is 32.8 Å². The molecule has 2 heterocycles. The number of hydrogen-bond donors (Lipinski definition) is 1. The minimum atomic E-state index is -0.818. The molecule has 2 N–H and O–H groups in total. The Morgan fingerprint density at radius 1 is 1.37 bits per heavy atom. The van der Waals surface area contributed by atoms with Gasteiger partial charge in [0.15, 0.2) is 6.61 Å². The topological polar surface area (TPSA) is 134 Å². The first-order valence-electron chi connectivity index (χ1n) is 9.73. The van der Waals surface area contributed by atoms with E-state index in [1.807, 2.05) is 19.1 Å². The number of oxime groups is 1. The van der Waals surface area contributed by atoms with Crippen molar-refractivity contribution in [2.24, 2.45) is 16.8 Å². The Hall–Kier alpha value is -3.35. The summed E-state index contributed by atoms with van der Waals surface area (Å²) in [6.07, 6.45) is 2.82. The lowest BCUT2D eigenvalue weighted by atomic mass is 9.95. The van der Waals surface area contributed by atoms with Gasteiger partial charge in [0.05, 0.1) is 5.56 Å². The van der Waals surface area contributed by atoms with Crippen molar-refractivity contribution in [1.29, 1.82) is 5.26 Å². The smallest absolute Gasteiger partial charge is 0.405 e. The number of pyridine rings is 1. The molecule has 0 aliphatic carbocycles. The molecule has 162 valence electrons. The first-order valence-corrected chi connectivity index (χ1v) is 9.73. The van der Waals surface area contributed by atoms with Gasteiger partial charge in [-0.3, -0.25) is 4.79 Å². The fourth-order valence-corrected chi connectivity index (χ4v) is 3.30. The molecule has 30 heavy (non-hydrogen) atoms. The number of hydrogen-bond acceptors (Lipinski definition) is 8. The van der Waals surface area contributed by atoms with Crippen molar-refractivity contribution in [3.05, 3.63) is 23.9 Å². The third-order valence-corrected chi connectivity index (χ3v) is 4.60. The lowest BCUT2D eigenvalue weighted by Gasteiger charge is -2.35. The highest BCUT2D eigenvalue weighted by Gasteiger charge is 2.24. The predicted octanol–water partition coefficient (Wildman–Crippen LogP) is 1.50. The van der Waals surface area contributed by atoms with Crippen LogP contribution in [0.4, 0.5) is 10.6 Å². The molecule has 1 aromatic heterocycles. The third kappa shape index (κ3) is 7.24. The molecule has 10 heteroatoms. The maximum Gasteiger partial charge on any atom is 0.405 e. The van der Waals surface area contributed by atoms with Gasteiger partial charge in [-0.2, -0.15) is 5.26 Å². The molecule has 0 radical (unpaired) electrons. The highest BCUT2D eigenvalue weighted by molar-refractivity contribution is 5.77. The molecule has 1 aromatic rings.